The van der Waals surface area contributed by atoms with Crippen LogP contribution in [0.4, 0.5) is 10.1 Å². The highest BCUT2D eigenvalue weighted by molar-refractivity contribution is 7.89. The lowest BCUT2D eigenvalue weighted by Gasteiger charge is -2.33. The molecule has 8 nitrogen and oxygen atoms in total. The highest BCUT2D eigenvalue weighted by Gasteiger charge is 2.32. The maximum atomic E-state index is 13.2. The lowest BCUT2D eigenvalue weighted by atomic mass is 10.1. The first-order valence-electron chi connectivity index (χ1n) is 10.9. The average Bonchev–Trinajstić information content (AvgIpc) is 3.06. The minimum atomic E-state index is -3.77. The van der Waals surface area contributed by atoms with Gasteiger partial charge in [-0.1, -0.05) is 12.1 Å². The highest BCUT2D eigenvalue weighted by atomic mass is 32.2. The summed E-state index contributed by atoms with van der Waals surface area (Å²) in [7, 11) is -3.77. The summed E-state index contributed by atoms with van der Waals surface area (Å²) in [4.78, 5) is 28.8. The van der Waals surface area contributed by atoms with Crippen molar-refractivity contribution >= 4 is 27.5 Å². The molecule has 176 valence electrons. The van der Waals surface area contributed by atoms with Gasteiger partial charge in [-0.15, -0.1) is 0 Å². The molecule has 2 amide bonds. The van der Waals surface area contributed by atoms with E-state index in [4.69, 9.17) is 4.74 Å². The summed E-state index contributed by atoms with van der Waals surface area (Å²) in [5.41, 5.74) is 0.640. The van der Waals surface area contributed by atoms with Crippen LogP contribution >= 0.6 is 0 Å². The molecule has 1 saturated heterocycles. The number of anilines is 1. The third-order valence-electron chi connectivity index (χ3n) is 5.88. The molecule has 4 rings (SSSR count). The van der Waals surface area contributed by atoms with E-state index in [2.05, 4.69) is 0 Å². The Balaban J connectivity index is 1.38. The third kappa shape index (κ3) is 4.86. The normalized spacial score (nSPS) is 19.6. The first-order valence-corrected chi connectivity index (χ1v) is 12.3. The predicted molar refractivity (Wildman–Crippen MR) is 120 cm³/mol. The van der Waals surface area contributed by atoms with Crippen molar-refractivity contribution in [1.29, 1.82) is 0 Å². The lowest BCUT2D eigenvalue weighted by molar-refractivity contribution is -0.131. The Labute approximate surface area is 192 Å². The van der Waals surface area contributed by atoms with Gasteiger partial charge in [0.1, 0.15) is 11.6 Å². The number of carbonyl (C=O) groups is 2. The van der Waals surface area contributed by atoms with E-state index < -0.39 is 21.9 Å². The van der Waals surface area contributed by atoms with Crippen molar-refractivity contribution in [3.63, 3.8) is 0 Å². The van der Waals surface area contributed by atoms with Gasteiger partial charge in [0.15, 0.2) is 6.10 Å². The van der Waals surface area contributed by atoms with Crippen LogP contribution in [-0.4, -0.2) is 68.3 Å². The molecule has 1 fully saturated rings. The maximum Gasteiger partial charge on any atom is 0.267 e. The fourth-order valence-corrected chi connectivity index (χ4v) is 5.56. The summed E-state index contributed by atoms with van der Waals surface area (Å²) >= 11 is 0. The Hall–Kier alpha value is -2.98. The zero-order valence-electron chi connectivity index (χ0n) is 18.3. The number of sulfonamides is 1. The van der Waals surface area contributed by atoms with Gasteiger partial charge in [0.2, 0.25) is 15.9 Å². The predicted octanol–water partition coefficient (Wildman–Crippen LogP) is 2.25. The van der Waals surface area contributed by atoms with Gasteiger partial charge in [-0.25, -0.2) is 12.8 Å². The van der Waals surface area contributed by atoms with Crippen molar-refractivity contribution in [2.45, 2.75) is 30.8 Å². The van der Waals surface area contributed by atoms with Crippen LogP contribution in [0.1, 0.15) is 19.8 Å². The second kappa shape index (κ2) is 9.48. The van der Waals surface area contributed by atoms with Gasteiger partial charge in [-0.05, 0) is 49.7 Å². The monoisotopic (exact) mass is 475 g/mol. The van der Waals surface area contributed by atoms with E-state index in [-0.39, 0.29) is 49.3 Å². The van der Waals surface area contributed by atoms with Gasteiger partial charge in [-0.2, -0.15) is 4.31 Å². The van der Waals surface area contributed by atoms with Crippen molar-refractivity contribution < 1.29 is 27.1 Å². The number of nitrogens with zero attached hydrogens (tertiary/aromatic N) is 3. The number of rotatable bonds is 5. The molecule has 0 N–H and O–H groups in total. The number of ether oxygens (including phenoxy) is 1. The quantitative estimate of drug-likeness (QED) is 0.662. The number of amides is 2. The van der Waals surface area contributed by atoms with Gasteiger partial charge in [-0.3, -0.25) is 9.59 Å². The number of halogens is 1. The molecule has 33 heavy (non-hydrogen) atoms. The van der Waals surface area contributed by atoms with Crippen LogP contribution in [-0.2, 0) is 19.6 Å². The van der Waals surface area contributed by atoms with Crippen LogP contribution in [0.3, 0.4) is 0 Å². The van der Waals surface area contributed by atoms with Crippen molar-refractivity contribution in [2.75, 3.05) is 37.6 Å². The molecule has 0 bridgehead atoms. The summed E-state index contributed by atoms with van der Waals surface area (Å²) in [6, 6.07) is 11.9. The molecule has 0 spiro atoms. The Morgan fingerprint density at radius 3 is 2.55 bits per heavy atom. The van der Waals surface area contributed by atoms with Gasteiger partial charge in [0.05, 0.1) is 10.6 Å². The highest BCUT2D eigenvalue weighted by Crippen LogP contribution is 2.33. The Morgan fingerprint density at radius 1 is 1.06 bits per heavy atom. The van der Waals surface area contributed by atoms with Gasteiger partial charge in [0.25, 0.3) is 5.91 Å². The first-order chi connectivity index (χ1) is 15.8. The van der Waals surface area contributed by atoms with E-state index in [1.54, 1.807) is 28.9 Å². The number of carbonyl (C=O) groups excluding carboxylic acids is 2. The fourth-order valence-electron chi connectivity index (χ4n) is 4.09. The van der Waals surface area contributed by atoms with Gasteiger partial charge in [0, 0.05) is 39.1 Å². The van der Waals surface area contributed by atoms with E-state index in [0.717, 1.165) is 12.1 Å². The molecule has 0 radical (unpaired) electrons. The van der Waals surface area contributed by atoms with E-state index in [1.165, 1.54) is 16.4 Å². The molecule has 10 heteroatoms. The minimum absolute atomic E-state index is 0.0299. The second-order valence-electron chi connectivity index (χ2n) is 8.06. The van der Waals surface area contributed by atoms with Crippen LogP contribution < -0.4 is 9.64 Å². The summed E-state index contributed by atoms with van der Waals surface area (Å²) in [6.07, 6.45) is -0.0153. The van der Waals surface area contributed by atoms with Crippen molar-refractivity contribution in [1.82, 2.24) is 9.21 Å². The topological polar surface area (TPSA) is 87.2 Å². The molecule has 2 aliphatic rings. The van der Waals surface area contributed by atoms with Crippen molar-refractivity contribution in [2.24, 2.45) is 0 Å². The summed E-state index contributed by atoms with van der Waals surface area (Å²) < 4.78 is 45.9. The molecule has 2 aromatic rings. The molecular formula is C23H26FN3O5S. The van der Waals surface area contributed by atoms with E-state index in [1.807, 2.05) is 12.1 Å². The standard InChI is InChI=1S/C23H26FN3O5S/c1-17-23(29)27(20-5-2-3-6-21(20)32-17)14-11-22(28)25-12-4-13-26(16-15-25)33(30,31)19-9-7-18(24)8-10-19/h2-3,5-10,17H,4,11-16H2,1H3/t17-/m0/s1. The largest absolute Gasteiger partial charge is 0.479 e. The summed E-state index contributed by atoms with van der Waals surface area (Å²) in [6.45, 7) is 3.01. The molecule has 1 atom stereocenters. The molecule has 0 saturated carbocycles. The summed E-state index contributed by atoms with van der Waals surface area (Å²) in [5, 5.41) is 0. The van der Waals surface area contributed by atoms with E-state index >= 15 is 0 Å². The Kier molecular flexibility index (Phi) is 6.66. The second-order valence-corrected chi connectivity index (χ2v) is 10.00. The zero-order chi connectivity index (χ0) is 23.6. The van der Waals surface area contributed by atoms with Gasteiger partial charge >= 0.3 is 0 Å². The maximum absolute atomic E-state index is 13.2. The number of hydrogen-bond donors (Lipinski definition) is 0. The molecule has 2 heterocycles. The molecule has 0 aromatic heterocycles. The summed E-state index contributed by atoms with van der Waals surface area (Å²) in [5.74, 6) is -0.236. The minimum Gasteiger partial charge on any atom is -0.479 e. The first kappa shape index (κ1) is 23.2. The zero-order valence-corrected chi connectivity index (χ0v) is 19.1. The Bertz CT molecular complexity index is 1140. The van der Waals surface area contributed by atoms with Gasteiger partial charge < -0.3 is 14.5 Å². The third-order valence-corrected chi connectivity index (χ3v) is 7.79. The van der Waals surface area contributed by atoms with Crippen LogP contribution in [0.2, 0.25) is 0 Å². The number of hydrogen-bond acceptors (Lipinski definition) is 5. The molecule has 2 aromatic carbocycles. The van der Waals surface area contributed by atoms with Crippen molar-refractivity contribution in [3.05, 3.63) is 54.3 Å². The van der Waals surface area contributed by atoms with Crippen molar-refractivity contribution in [3.8, 4) is 5.75 Å². The smallest absolute Gasteiger partial charge is 0.267 e. The number of benzene rings is 2. The van der Waals surface area contributed by atoms with Crippen LogP contribution in [0.25, 0.3) is 0 Å². The molecular weight excluding hydrogens is 449 g/mol. The average molecular weight is 476 g/mol. The molecule has 2 aliphatic heterocycles. The lowest BCUT2D eigenvalue weighted by Crippen LogP contribution is -2.46. The fraction of sp³-hybridized carbons (Fsp3) is 0.391. The van der Waals surface area contributed by atoms with Crippen LogP contribution in [0.5, 0.6) is 5.75 Å². The van der Waals surface area contributed by atoms with Crippen LogP contribution in [0, 0.1) is 5.82 Å². The molecule has 0 aliphatic carbocycles. The van der Waals surface area contributed by atoms with E-state index in [0.29, 0.717) is 24.4 Å². The number of para-hydroxylation sites is 2. The van der Waals surface area contributed by atoms with Crippen LogP contribution in [0.15, 0.2) is 53.4 Å². The Morgan fingerprint density at radius 2 is 1.79 bits per heavy atom. The molecule has 0 unspecified atom stereocenters. The van der Waals surface area contributed by atoms with E-state index in [9.17, 15) is 22.4 Å². The SMILES string of the molecule is C[C@@H]1Oc2ccccc2N(CCC(=O)N2CCCN(S(=O)(=O)c3ccc(F)cc3)CC2)C1=O. The number of fused-ring (bicyclic) bond motifs is 1.